The minimum absolute atomic E-state index is 0. The molecule has 3 rings (SSSR count). The van der Waals surface area contributed by atoms with Crippen LogP contribution < -0.4 is 10.6 Å². The monoisotopic (exact) mass is 500 g/mol. The first-order valence-corrected chi connectivity index (χ1v) is 10.2. The third kappa shape index (κ3) is 6.83. The van der Waals surface area contributed by atoms with E-state index in [-0.39, 0.29) is 35.9 Å². The Labute approximate surface area is 185 Å². The molecule has 1 atom stereocenters. The van der Waals surface area contributed by atoms with Crippen LogP contribution in [0.4, 0.5) is 0 Å². The van der Waals surface area contributed by atoms with E-state index < -0.39 is 0 Å². The Morgan fingerprint density at radius 2 is 2.14 bits per heavy atom. The molecule has 2 aliphatic rings. The molecule has 1 aromatic heterocycles. The molecular formula is C21H33IN4O2. The second kappa shape index (κ2) is 12.1. The van der Waals surface area contributed by atoms with Crippen molar-refractivity contribution in [1.29, 1.82) is 0 Å². The van der Waals surface area contributed by atoms with Gasteiger partial charge in [-0.1, -0.05) is 25.3 Å². The highest BCUT2D eigenvalue weighted by Gasteiger charge is 2.31. The van der Waals surface area contributed by atoms with Crippen molar-refractivity contribution in [2.24, 2.45) is 10.9 Å². The average Bonchev–Trinajstić information content (AvgIpc) is 3.38. The van der Waals surface area contributed by atoms with Gasteiger partial charge in [0.2, 0.25) is 5.91 Å². The van der Waals surface area contributed by atoms with E-state index >= 15 is 0 Å². The van der Waals surface area contributed by atoms with E-state index in [2.05, 4.69) is 22.2 Å². The summed E-state index contributed by atoms with van der Waals surface area (Å²) in [4.78, 5) is 19.4. The van der Waals surface area contributed by atoms with Crippen LogP contribution in [0.1, 0.15) is 44.3 Å². The topological polar surface area (TPSA) is 69.9 Å². The summed E-state index contributed by atoms with van der Waals surface area (Å²) >= 11 is 0. The van der Waals surface area contributed by atoms with Crippen LogP contribution in [0.25, 0.3) is 0 Å². The van der Waals surface area contributed by atoms with Crippen molar-refractivity contribution in [2.45, 2.75) is 51.0 Å². The zero-order chi connectivity index (χ0) is 18.9. The standard InChI is InChI=1S/C21H32N4O2.HI/c1-2-12-22-21(23-13-10-19-9-6-15-27-19)24-18-11-14-25(16-18)20(26)17-7-4-3-5-8-17;/h2,6,9,15,17-18H,1,3-5,7-8,10-14,16H2,(H2,22,23,24);1H. The van der Waals surface area contributed by atoms with E-state index in [1.807, 2.05) is 23.1 Å². The molecule has 156 valence electrons. The van der Waals surface area contributed by atoms with Crippen LogP contribution >= 0.6 is 24.0 Å². The van der Waals surface area contributed by atoms with E-state index in [1.165, 1.54) is 19.3 Å². The smallest absolute Gasteiger partial charge is 0.225 e. The number of likely N-dealkylation sites (tertiary alicyclic amines) is 1. The molecule has 7 heteroatoms. The van der Waals surface area contributed by atoms with Crippen LogP contribution in [0.2, 0.25) is 0 Å². The lowest BCUT2D eigenvalue weighted by atomic mass is 9.88. The van der Waals surface area contributed by atoms with Gasteiger partial charge in [0.05, 0.1) is 6.26 Å². The van der Waals surface area contributed by atoms with Crippen LogP contribution in [0, 0.1) is 5.92 Å². The third-order valence-electron chi connectivity index (χ3n) is 5.42. The van der Waals surface area contributed by atoms with Crippen LogP contribution in [0.15, 0.2) is 40.5 Å². The Morgan fingerprint density at radius 1 is 1.32 bits per heavy atom. The van der Waals surface area contributed by atoms with Crippen molar-refractivity contribution < 1.29 is 9.21 Å². The van der Waals surface area contributed by atoms with Gasteiger partial charge in [0, 0.05) is 44.6 Å². The fourth-order valence-corrected chi connectivity index (χ4v) is 3.93. The van der Waals surface area contributed by atoms with E-state index in [9.17, 15) is 4.79 Å². The van der Waals surface area contributed by atoms with Gasteiger partial charge in [-0.15, -0.1) is 30.6 Å². The molecule has 1 amide bonds. The average molecular weight is 500 g/mol. The van der Waals surface area contributed by atoms with Gasteiger partial charge < -0.3 is 20.0 Å². The summed E-state index contributed by atoms with van der Waals surface area (Å²) in [6.45, 7) is 6.67. The maximum atomic E-state index is 12.7. The Bertz CT molecular complexity index is 626. The van der Waals surface area contributed by atoms with Gasteiger partial charge in [-0.05, 0) is 31.4 Å². The number of nitrogens with one attached hydrogen (secondary N) is 2. The van der Waals surface area contributed by atoms with Crippen molar-refractivity contribution in [1.82, 2.24) is 15.5 Å². The third-order valence-corrected chi connectivity index (χ3v) is 5.42. The molecule has 1 saturated carbocycles. The molecule has 1 saturated heterocycles. The van der Waals surface area contributed by atoms with Gasteiger partial charge in [0.15, 0.2) is 5.96 Å². The number of carbonyl (C=O) groups excluding carboxylic acids is 1. The Kier molecular flexibility index (Phi) is 9.87. The minimum atomic E-state index is 0. The van der Waals surface area contributed by atoms with Crippen LogP contribution in [-0.4, -0.2) is 49.0 Å². The van der Waals surface area contributed by atoms with Crippen molar-refractivity contribution in [3.8, 4) is 0 Å². The normalized spacial score (nSPS) is 20.5. The van der Waals surface area contributed by atoms with Crippen LogP contribution in [-0.2, 0) is 11.2 Å². The molecule has 1 unspecified atom stereocenters. The van der Waals surface area contributed by atoms with Crippen LogP contribution in [0.3, 0.4) is 0 Å². The molecule has 1 aliphatic carbocycles. The highest BCUT2D eigenvalue weighted by Crippen LogP contribution is 2.26. The Morgan fingerprint density at radius 3 is 2.86 bits per heavy atom. The molecule has 0 radical (unpaired) electrons. The number of amides is 1. The molecule has 28 heavy (non-hydrogen) atoms. The maximum absolute atomic E-state index is 12.7. The minimum Gasteiger partial charge on any atom is -0.469 e. The second-order valence-corrected chi connectivity index (χ2v) is 7.48. The number of nitrogens with zero attached hydrogens (tertiary/aromatic N) is 2. The van der Waals surface area contributed by atoms with Crippen molar-refractivity contribution in [2.75, 3.05) is 26.2 Å². The predicted octanol–water partition coefficient (Wildman–Crippen LogP) is 3.34. The van der Waals surface area contributed by atoms with E-state index in [1.54, 1.807) is 6.26 Å². The van der Waals surface area contributed by atoms with Crippen LogP contribution in [0.5, 0.6) is 0 Å². The van der Waals surface area contributed by atoms with E-state index in [0.717, 1.165) is 50.5 Å². The molecule has 1 aromatic rings. The summed E-state index contributed by atoms with van der Waals surface area (Å²) < 4.78 is 5.36. The number of rotatable bonds is 7. The number of guanidine groups is 1. The van der Waals surface area contributed by atoms with Crippen molar-refractivity contribution in [3.05, 3.63) is 36.8 Å². The summed E-state index contributed by atoms with van der Waals surface area (Å²) in [7, 11) is 0. The molecule has 0 aromatic carbocycles. The van der Waals surface area contributed by atoms with Gasteiger partial charge >= 0.3 is 0 Å². The molecule has 2 heterocycles. The number of halogens is 1. The molecule has 0 spiro atoms. The molecule has 0 bridgehead atoms. The van der Waals surface area contributed by atoms with E-state index in [4.69, 9.17) is 4.42 Å². The Balaban J connectivity index is 0.00000280. The van der Waals surface area contributed by atoms with Crippen molar-refractivity contribution in [3.63, 3.8) is 0 Å². The summed E-state index contributed by atoms with van der Waals surface area (Å²) in [5, 5.41) is 6.76. The maximum Gasteiger partial charge on any atom is 0.225 e. The molecule has 2 N–H and O–H groups in total. The number of hydrogen-bond acceptors (Lipinski definition) is 3. The first-order chi connectivity index (χ1) is 13.3. The molecule has 6 nitrogen and oxygen atoms in total. The molecule has 1 aliphatic heterocycles. The first-order valence-electron chi connectivity index (χ1n) is 10.2. The molecular weight excluding hydrogens is 467 g/mol. The lowest BCUT2D eigenvalue weighted by Crippen LogP contribution is -2.45. The van der Waals surface area contributed by atoms with Gasteiger partial charge in [-0.3, -0.25) is 9.79 Å². The molecule has 2 fully saturated rings. The zero-order valence-electron chi connectivity index (χ0n) is 16.6. The second-order valence-electron chi connectivity index (χ2n) is 7.48. The highest BCUT2D eigenvalue weighted by atomic mass is 127. The lowest BCUT2D eigenvalue weighted by Gasteiger charge is -2.26. The fourth-order valence-electron chi connectivity index (χ4n) is 3.93. The lowest BCUT2D eigenvalue weighted by molar-refractivity contribution is -0.135. The highest BCUT2D eigenvalue weighted by molar-refractivity contribution is 14.0. The SMILES string of the molecule is C=CCNC(=NCCc1ccco1)NC1CCN(C(=O)C2CCCCC2)C1.I. The summed E-state index contributed by atoms with van der Waals surface area (Å²) in [6.07, 6.45) is 11.0. The number of hydrogen-bond donors (Lipinski definition) is 2. The zero-order valence-corrected chi connectivity index (χ0v) is 18.9. The number of furan rings is 1. The quantitative estimate of drug-likeness (QED) is 0.261. The van der Waals surface area contributed by atoms with Crippen molar-refractivity contribution >= 4 is 35.8 Å². The summed E-state index contributed by atoms with van der Waals surface area (Å²) in [5.74, 6) is 2.32. The van der Waals surface area contributed by atoms with Gasteiger partial charge in [-0.2, -0.15) is 0 Å². The summed E-state index contributed by atoms with van der Waals surface area (Å²) in [5.41, 5.74) is 0. The van der Waals surface area contributed by atoms with Gasteiger partial charge in [0.25, 0.3) is 0 Å². The van der Waals surface area contributed by atoms with E-state index in [0.29, 0.717) is 19.0 Å². The first kappa shape index (κ1) is 22.8. The number of aliphatic imine (C=N–C) groups is 1. The largest absolute Gasteiger partial charge is 0.469 e. The fraction of sp³-hybridized carbons (Fsp3) is 0.619. The number of carbonyl (C=O) groups is 1. The van der Waals surface area contributed by atoms with Gasteiger partial charge in [-0.25, -0.2) is 0 Å². The predicted molar refractivity (Wildman–Crippen MR) is 123 cm³/mol. The van der Waals surface area contributed by atoms with Gasteiger partial charge in [0.1, 0.15) is 5.76 Å². The Hall–Kier alpha value is -1.51. The summed E-state index contributed by atoms with van der Waals surface area (Å²) in [6, 6.07) is 4.10.